The minimum Gasteiger partial charge on any atom is -0.341 e. The third-order valence-corrected chi connectivity index (χ3v) is 4.01. The number of nitrogens with zero attached hydrogens (tertiary/aromatic N) is 2. The van der Waals surface area contributed by atoms with Crippen LogP contribution in [-0.2, 0) is 4.79 Å². The first-order chi connectivity index (χ1) is 7.70. The molecule has 0 saturated carbocycles. The van der Waals surface area contributed by atoms with Crippen LogP contribution in [0.1, 0.15) is 25.7 Å². The number of carbonyl (C=O) groups excluding carboxylic acids is 1. The number of carbonyl (C=O) groups is 1. The van der Waals surface area contributed by atoms with Gasteiger partial charge in [-0.3, -0.25) is 9.69 Å². The standard InChI is InChI=1S/C12H23N3O/c1-14-9-3-4-11(14)12(16)15(2)10-5-7-13-8-6-10/h10-11,13H,3-9H2,1-2H3. The fraction of sp³-hybridized carbons (Fsp3) is 0.917. The van der Waals surface area contributed by atoms with Gasteiger partial charge < -0.3 is 10.2 Å². The zero-order chi connectivity index (χ0) is 11.5. The number of likely N-dealkylation sites (N-methyl/N-ethyl adjacent to an activating group) is 2. The van der Waals surface area contributed by atoms with E-state index in [1.54, 1.807) is 0 Å². The monoisotopic (exact) mass is 225 g/mol. The molecule has 2 aliphatic rings. The second-order valence-electron chi connectivity index (χ2n) is 5.07. The van der Waals surface area contributed by atoms with Crippen molar-refractivity contribution in [3.05, 3.63) is 0 Å². The van der Waals surface area contributed by atoms with E-state index in [2.05, 4.69) is 17.3 Å². The van der Waals surface area contributed by atoms with E-state index in [0.29, 0.717) is 11.9 Å². The van der Waals surface area contributed by atoms with Crippen molar-refractivity contribution < 1.29 is 4.79 Å². The summed E-state index contributed by atoms with van der Waals surface area (Å²) in [4.78, 5) is 16.5. The quantitative estimate of drug-likeness (QED) is 0.734. The summed E-state index contributed by atoms with van der Waals surface area (Å²) in [6.45, 7) is 3.15. The molecule has 0 aromatic carbocycles. The Morgan fingerprint density at radius 3 is 2.56 bits per heavy atom. The van der Waals surface area contributed by atoms with Gasteiger partial charge in [0.1, 0.15) is 0 Å². The van der Waals surface area contributed by atoms with Crippen molar-refractivity contribution in [2.45, 2.75) is 37.8 Å². The highest BCUT2D eigenvalue weighted by atomic mass is 16.2. The maximum atomic E-state index is 12.3. The lowest BCUT2D eigenvalue weighted by Gasteiger charge is -2.34. The van der Waals surface area contributed by atoms with Crippen molar-refractivity contribution in [2.75, 3.05) is 33.7 Å². The van der Waals surface area contributed by atoms with Crippen molar-refractivity contribution in [2.24, 2.45) is 0 Å². The molecular formula is C12H23N3O. The van der Waals surface area contributed by atoms with Crippen LogP contribution >= 0.6 is 0 Å². The number of hydrogen-bond donors (Lipinski definition) is 1. The lowest BCUT2D eigenvalue weighted by Crippen LogP contribution is -2.49. The van der Waals surface area contributed by atoms with Gasteiger partial charge in [0.2, 0.25) is 5.91 Å². The van der Waals surface area contributed by atoms with Gasteiger partial charge in [-0.15, -0.1) is 0 Å². The Balaban J connectivity index is 1.92. The fourth-order valence-corrected chi connectivity index (χ4v) is 2.83. The molecule has 4 nitrogen and oxygen atoms in total. The zero-order valence-electron chi connectivity index (χ0n) is 10.4. The summed E-state index contributed by atoms with van der Waals surface area (Å²) in [6, 6.07) is 0.586. The molecule has 0 aliphatic carbocycles. The summed E-state index contributed by atoms with van der Waals surface area (Å²) in [5, 5.41) is 3.34. The largest absolute Gasteiger partial charge is 0.341 e. The molecule has 0 radical (unpaired) electrons. The molecule has 2 aliphatic heterocycles. The van der Waals surface area contributed by atoms with Gasteiger partial charge in [-0.1, -0.05) is 0 Å². The molecule has 0 bridgehead atoms. The summed E-state index contributed by atoms with van der Waals surface area (Å²) in [5.74, 6) is 0.326. The average molecular weight is 225 g/mol. The third-order valence-electron chi connectivity index (χ3n) is 4.01. The summed E-state index contributed by atoms with van der Waals surface area (Å²) < 4.78 is 0. The van der Waals surface area contributed by atoms with Crippen LogP contribution in [0.2, 0.25) is 0 Å². The van der Waals surface area contributed by atoms with Crippen LogP contribution in [0.15, 0.2) is 0 Å². The SMILES string of the molecule is CN1CCCC1C(=O)N(C)C1CCNCC1. The second kappa shape index (κ2) is 5.15. The number of amides is 1. The molecule has 1 unspecified atom stereocenters. The van der Waals surface area contributed by atoms with Crippen LogP contribution < -0.4 is 5.32 Å². The van der Waals surface area contributed by atoms with E-state index >= 15 is 0 Å². The van der Waals surface area contributed by atoms with Gasteiger partial charge in [-0.2, -0.15) is 0 Å². The molecule has 92 valence electrons. The van der Waals surface area contributed by atoms with Crippen molar-refractivity contribution in [1.29, 1.82) is 0 Å². The normalized spacial score (nSPS) is 28.2. The van der Waals surface area contributed by atoms with E-state index in [9.17, 15) is 4.79 Å². The zero-order valence-corrected chi connectivity index (χ0v) is 10.4. The maximum Gasteiger partial charge on any atom is 0.239 e. The molecule has 0 aromatic rings. The number of likely N-dealkylation sites (tertiary alicyclic amines) is 1. The Bertz CT molecular complexity index is 251. The van der Waals surface area contributed by atoms with Gasteiger partial charge >= 0.3 is 0 Å². The molecule has 2 fully saturated rings. The van der Waals surface area contributed by atoms with Gasteiger partial charge in [-0.25, -0.2) is 0 Å². The van der Waals surface area contributed by atoms with Crippen LogP contribution in [0, 0.1) is 0 Å². The highest BCUT2D eigenvalue weighted by Gasteiger charge is 2.32. The number of rotatable bonds is 2. The minimum atomic E-state index is 0.139. The first-order valence-electron chi connectivity index (χ1n) is 6.38. The molecule has 2 heterocycles. The van der Waals surface area contributed by atoms with Crippen LogP contribution in [0.3, 0.4) is 0 Å². The molecular weight excluding hydrogens is 202 g/mol. The molecule has 1 atom stereocenters. The Kier molecular flexibility index (Phi) is 3.82. The molecule has 0 spiro atoms. The topological polar surface area (TPSA) is 35.6 Å². The lowest BCUT2D eigenvalue weighted by molar-refractivity contribution is -0.136. The first-order valence-corrected chi connectivity index (χ1v) is 6.38. The average Bonchev–Trinajstić information content (AvgIpc) is 2.75. The smallest absolute Gasteiger partial charge is 0.239 e. The van der Waals surface area contributed by atoms with E-state index in [-0.39, 0.29) is 6.04 Å². The number of piperidine rings is 1. The Morgan fingerprint density at radius 2 is 2.00 bits per heavy atom. The summed E-state index contributed by atoms with van der Waals surface area (Å²) in [6.07, 6.45) is 4.38. The Morgan fingerprint density at radius 1 is 1.31 bits per heavy atom. The lowest BCUT2D eigenvalue weighted by atomic mass is 10.0. The molecule has 0 aromatic heterocycles. The fourth-order valence-electron chi connectivity index (χ4n) is 2.83. The van der Waals surface area contributed by atoms with Gasteiger partial charge in [-0.05, 0) is 52.4 Å². The predicted molar refractivity (Wildman–Crippen MR) is 64.3 cm³/mol. The van der Waals surface area contributed by atoms with Crippen LogP contribution in [0.25, 0.3) is 0 Å². The van der Waals surface area contributed by atoms with Gasteiger partial charge in [0, 0.05) is 13.1 Å². The highest BCUT2D eigenvalue weighted by Crippen LogP contribution is 2.19. The van der Waals surface area contributed by atoms with E-state index < -0.39 is 0 Å². The maximum absolute atomic E-state index is 12.3. The molecule has 2 saturated heterocycles. The summed E-state index contributed by atoms with van der Waals surface area (Å²) in [5.41, 5.74) is 0. The highest BCUT2D eigenvalue weighted by molar-refractivity contribution is 5.82. The first kappa shape index (κ1) is 11.9. The van der Waals surface area contributed by atoms with Crippen LogP contribution in [0.5, 0.6) is 0 Å². The number of nitrogens with one attached hydrogen (secondary N) is 1. The van der Waals surface area contributed by atoms with Gasteiger partial charge in [0.05, 0.1) is 6.04 Å². The van der Waals surface area contributed by atoms with Crippen LogP contribution in [-0.4, -0.2) is 61.5 Å². The van der Waals surface area contributed by atoms with E-state index in [1.165, 1.54) is 0 Å². The molecule has 1 amide bonds. The second-order valence-corrected chi connectivity index (χ2v) is 5.07. The van der Waals surface area contributed by atoms with Crippen molar-refractivity contribution >= 4 is 5.91 Å². The molecule has 2 rings (SSSR count). The van der Waals surface area contributed by atoms with E-state index in [4.69, 9.17) is 0 Å². The van der Waals surface area contributed by atoms with Crippen molar-refractivity contribution in [3.63, 3.8) is 0 Å². The molecule has 16 heavy (non-hydrogen) atoms. The summed E-state index contributed by atoms with van der Waals surface area (Å²) in [7, 11) is 4.04. The van der Waals surface area contributed by atoms with Gasteiger partial charge in [0.15, 0.2) is 0 Å². The Hall–Kier alpha value is -0.610. The number of hydrogen-bond acceptors (Lipinski definition) is 3. The Labute approximate surface area is 98.0 Å². The van der Waals surface area contributed by atoms with Crippen LogP contribution in [0.4, 0.5) is 0 Å². The summed E-state index contributed by atoms with van der Waals surface area (Å²) >= 11 is 0. The van der Waals surface area contributed by atoms with Crippen molar-refractivity contribution in [3.8, 4) is 0 Å². The van der Waals surface area contributed by atoms with E-state index in [0.717, 1.165) is 45.3 Å². The molecule has 4 heteroatoms. The molecule has 1 N–H and O–H groups in total. The van der Waals surface area contributed by atoms with Crippen molar-refractivity contribution in [1.82, 2.24) is 15.1 Å². The predicted octanol–water partition coefficient (Wildman–Crippen LogP) is 0.291. The third kappa shape index (κ3) is 2.38. The van der Waals surface area contributed by atoms with Gasteiger partial charge in [0.25, 0.3) is 0 Å². The minimum absolute atomic E-state index is 0.139. The van der Waals surface area contributed by atoms with E-state index in [1.807, 2.05) is 11.9 Å².